The molecule has 1 aromatic heterocycles. The lowest BCUT2D eigenvalue weighted by molar-refractivity contribution is -0.00669. The number of halogens is 1. The molecular formula is C21H21FN4O4. The smallest absolute Gasteiger partial charge is 0.411 e. The number of hydrogen-bond donors (Lipinski definition) is 0. The Morgan fingerprint density at radius 1 is 1.20 bits per heavy atom. The van der Waals surface area contributed by atoms with Crippen molar-refractivity contribution in [1.82, 2.24) is 14.8 Å². The first-order valence-electron chi connectivity index (χ1n) is 9.78. The van der Waals surface area contributed by atoms with Crippen LogP contribution in [0.2, 0.25) is 0 Å². The molecule has 30 heavy (non-hydrogen) atoms. The first kappa shape index (κ1) is 18.7. The number of methoxy groups -OCH3 is 1. The highest BCUT2D eigenvalue weighted by Crippen LogP contribution is 2.41. The van der Waals surface area contributed by atoms with E-state index in [2.05, 4.69) is 4.98 Å². The molecular weight excluding hydrogens is 391 g/mol. The molecule has 0 radical (unpaired) electrons. The van der Waals surface area contributed by atoms with E-state index in [1.807, 2.05) is 4.90 Å². The summed E-state index contributed by atoms with van der Waals surface area (Å²) in [5, 5.41) is 0. The van der Waals surface area contributed by atoms with Gasteiger partial charge in [-0.2, -0.15) is 0 Å². The summed E-state index contributed by atoms with van der Waals surface area (Å²) in [7, 11) is 1.58. The number of piperazine rings is 1. The SMILES string of the molecule is COc1ccc(C(=O)N2CCN3C(=O)OC4(CN(c5ccc(F)cn5)C4)C3C2)cc1. The lowest BCUT2D eigenvalue weighted by Crippen LogP contribution is -2.71. The van der Waals surface area contributed by atoms with Crippen molar-refractivity contribution in [3.05, 3.63) is 54.0 Å². The molecule has 5 rings (SSSR count). The molecule has 8 nitrogen and oxygen atoms in total. The van der Waals surface area contributed by atoms with Crippen LogP contribution in [0.1, 0.15) is 10.4 Å². The second-order valence-electron chi connectivity index (χ2n) is 7.81. The topological polar surface area (TPSA) is 75.2 Å². The number of nitrogens with zero attached hydrogens (tertiary/aromatic N) is 4. The Morgan fingerprint density at radius 2 is 1.97 bits per heavy atom. The van der Waals surface area contributed by atoms with Gasteiger partial charge in [0.15, 0.2) is 5.60 Å². The van der Waals surface area contributed by atoms with Crippen LogP contribution in [0.25, 0.3) is 0 Å². The van der Waals surface area contributed by atoms with E-state index in [1.165, 1.54) is 12.3 Å². The summed E-state index contributed by atoms with van der Waals surface area (Å²) < 4.78 is 24.0. The van der Waals surface area contributed by atoms with Gasteiger partial charge < -0.3 is 19.3 Å². The van der Waals surface area contributed by atoms with Crippen molar-refractivity contribution in [1.29, 1.82) is 0 Å². The number of ether oxygens (including phenoxy) is 2. The molecule has 1 spiro atoms. The Hall–Kier alpha value is -3.36. The number of anilines is 1. The summed E-state index contributed by atoms with van der Waals surface area (Å²) >= 11 is 0. The largest absolute Gasteiger partial charge is 0.497 e. The third kappa shape index (κ3) is 2.92. The lowest BCUT2D eigenvalue weighted by Gasteiger charge is -2.51. The van der Waals surface area contributed by atoms with Gasteiger partial charge in [-0.15, -0.1) is 0 Å². The second kappa shape index (κ2) is 6.86. The predicted octanol–water partition coefficient (Wildman–Crippen LogP) is 1.76. The van der Waals surface area contributed by atoms with Gasteiger partial charge in [-0.25, -0.2) is 14.2 Å². The van der Waals surface area contributed by atoms with Gasteiger partial charge in [0.2, 0.25) is 0 Å². The first-order chi connectivity index (χ1) is 14.5. The highest BCUT2D eigenvalue weighted by molar-refractivity contribution is 5.94. The number of amides is 2. The minimum atomic E-state index is -0.688. The summed E-state index contributed by atoms with van der Waals surface area (Å²) in [6.45, 7) is 2.21. The molecule has 0 aliphatic carbocycles. The number of carbonyl (C=O) groups excluding carboxylic acids is 2. The quantitative estimate of drug-likeness (QED) is 0.765. The molecule has 9 heteroatoms. The fraction of sp³-hybridized carbons (Fsp3) is 0.381. The zero-order chi connectivity index (χ0) is 20.9. The summed E-state index contributed by atoms with van der Waals surface area (Å²) in [6.07, 6.45) is 0.826. The van der Waals surface area contributed by atoms with Gasteiger partial charge in [0, 0.05) is 25.2 Å². The van der Waals surface area contributed by atoms with Gasteiger partial charge in [-0.3, -0.25) is 9.69 Å². The Kier molecular flexibility index (Phi) is 4.27. The number of hydrogen-bond acceptors (Lipinski definition) is 6. The van der Waals surface area contributed by atoms with Crippen LogP contribution in [0.5, 0.6) is 5.75 Å². The molecule has 0 N–H and O–H groups in total. The average molecular weight is 412 g/mol. The van der Waals surface area contributed by atoms with Crippen molar-refractivity contribution in [3.63, 3.8) is 0 Å². The molecule has 0 saturated carbocycles. The van der Waals surface area contributed by atoms with E-state index in [0.29, 0.717) is 49.9 Å². The van der Waals surface area contributed by atoms with Crippen LogP contribution >= 0.6 is 0 Å². The van der Waals surface area contributed by atoms with Crippen LogP contribution in [0.4, 0.5) is 15.0 Å². The van der Waals surface area contributed by atoms with E-state index >= 15 is 0 Å². The van der Waals surface area contributed by atoms with Crippen molar-refractivity contribution >= 4 is 17.8 Å². The van der Waals surface area contributed by atoms with Gasteiger partial charge in [0.25, 0.3) is 5.91 Å². The highest BCUT2D eigenvalue weighted by atomic mass is 19.1. The van der Waals surface area contributed by atoms with E-state index in [1.54, 1.807) is 47.2 Å². The lowest BCUT2D eigenvalue weighted by atomic mass is 9.84. The van der Waals surface area contributed by atoms with E-state index in [4.69, 9.17) is 9.47 Å². The number of pyridine rings is 1. The third-order valence-corrected chi connectivity index (χ3v) is 6.09. The van der Waals surface area contributed by atoms with Crippen molar-refractivity contribution in [3.8, 4) is 5.75 Å². The van der Waals surface area contributed by atoms with E-state index in [-0.39, 0.29) is 18.0 Å². The van der Waals surface area contributed by atoms with Crippen LogP contribution in [0, 0.1) is 5.82 Å². The number of aromatic nitrogens is 1. The van der Waals surface area contributed by atoms with Crippen molar-refractivity contribution in [2.24, 2.45) is 0 Å². The molecule has 2 aromatic rings. The molecule has 0 bridgehead atoms. The standard InChI is InChI=1S/C21H21FN4O4/c1-29-16-5-2-14(3-6-16)19(27)24-8-9-26-17(11-24)21(30-20(26)28)12-25(13-21)18-7-4-15(22)10-23-18/h2-7,10,17H,8-9,11-13H2,1H3. The molecule has 3 saturated heterocycles. The maximum Gasteiger partial charge on any atom is 0.411 e. The Morgan fingerprint density at radius 3 is 2.63 bits per heavy atom. The number of fused-ring (bicyclic) bond motifs is 2. The zero-order valence-electron chi connectivity index (χ0n) is 16.5. The van der Waals surface area contributed by atoms with Gasteiger partial charge in [-0.05, 0) is 36.4 Å². The molecule has 1 unspecified atom stereocenters. The zero-order valence-corrected chi connectivity index (χ0v) is 16.5. The summed E-state index contributed by atoms with van der Waals surface area (Å²) in [5.74, 6) is 0.850. The summed E-state index contributed by atoms with van der Waals surface area (Å²) in [4.78, 5) is 34.9. The molecule has 4 heterocycles. The van der Waals surface area contributed by atoms with E-state index < -0.39 is 11.4 Å². The number of benzene rings is 1. The van der Waals surface area contributed by atoms with Crippen molar-refractivity contribution in [2.75, 3.05) is 44.7 Å². The highest BCUT2D eigenvalue weighted by Gasteiger charge is 2.62. The van der Waals surface area contributed by atoms with Crippen LogP contribution in [0.15, 0.2) is 42.6 Å². The maximum atomic E-state index is 13.1. The average Bonchev–Trinajstić information content (AvgIpc) is 3.05. The van der Waals surface area contributed by atoms with Crippen LogP contribution < -0.4 is 9.64 Å². The maximum absolute atomic E-state index is 13.1. The Bertz CT molecular complexity index is 976. The van der Waals surface area contributed by atoms with Gasteiger partial charge in [0.05, 0.1) is 32.4 Å². The summed E-state index contributed by atoms with van der Waals surface area (Å²) in [6, 6.07) is 9.74. The van der Waals surface area contributed by atoms with Crippen molar-refractivity contribution < 1.29 is 23.5 Å². The second-order valence-corrected chi connectivity index (χ2v) is 7.81. The monoisotopic (exact) mass is 412 g/mol. The Balaban J connectivity index is 1.31. The molecule has 156 valence electrons. The summed E-state index contributed by atoms with van der Waals surface area (Å²) in [5.41, 5.74) is -0.110. The molecule has 1 atom stereocenters. The first-order valence-corrected chi connectivity index (χ1v) is 9.78. The number of carbonyl (C=O) groups is 2. The van der Waals surface area contributed by atoms with Crippen LogP contribution in [-0.2, 0) is 4.74 Å². The van der Waals surface area contributed by atoms with E-state index in [9.17, 15) is 14.0 Å². The molecule has 3 aliphatic heterocycles. The minimum absolute atomic E-state index is 0.0804. The Labute approximate surface area is 172 Å². The van der Waals surface area contributed by atoms with Crippen molar-refractivity contribution in [2.45, 2.75) is 11.6 Å². The van der Waals surface area contributed by atoms with Gasteiger partial charge in [0.1, 0.15) is 17.4 Å². The van der Waals surface area contributed by atoms with Crippen LogP contribution in [0.3, 0.4) is 0 Å². The fourth-order valence-corrected chi connectivity index (χ4v) is 4.45. The third-order valence-electron chi connectivity index (χ3n) is 6.09. The molecule has 3 fully saturated rings. The van der Waals surface area contributed by atoms with Gasteiger partial charge in [-0.1, -0.05) is 0 Å². The molecule has 1 aromatic carbocycles. The van der Waals surface area contributed by atoms with Gasteiger partial charge >= 0.3 is 6.09 Å². The number of rotatable bonds is 3. The predicted molar refractivity (Wildman–Crippen MR) is 105 cm³/mol. The van der Waals surface area contributed by atoms with E-state index in [0.717, 1.165) is 0 Å². The minimum Gasteiger partial charge on any atom is -0.497 e. The van der Waals surface area contributed by atoms with Crippen LogP contribution in [-0.4, -0.2) is 78.3 Å². The fourth-order valence-electron chi connectivity index (χ4n) is 4.45. The molecule has 3 aliphatic rings. The normalized spacial score (nSPS) is 21.9. The molecule has 2 amide bonds.